The number of rotatable bonds is 6. The maximum Gasteiger partial charge on any atom is 0.222 e. The largest absolute Gasteiger partial charge is 0.341 e. The molecule has 6 heteroatoms. The molecule has 2 heterocycles. The van der Waals surface area contributed by atoms with Gasteiger partial charge in [-0.15, -0.1) is 0 Å². The third kappa shape index (κ3) is 3.90. The molecule has 1 aliphatic rings. The van der Waals surface area contributed by atoms with Crippen molar-refractivity contribution in [2.75, 3.05) is 13.1 Å². The Morgan fingerprint density at radius 3 is 2.64 bits per heavy atom. The average molecular weight is 344 g/mol. The van der Waals surface area contributed by atoms with Crippen molar-refractivity contribution in [3.05, 3.63) is 47.0 Å². The number of carbonyl (C=O) groups is 1. The minimum absolute atomic E-state index is 0.218. The lowest BCUT2D eigenvalue weighted by Gasteiger charge is -2.21. The van der Waals surface area contributed by atoms with Gasteiger partial charge in [0.05, 0.1) is 11.4 Å². The maximum absolute atomic E-state index is 13.1. The molecule has 134 valence electrons. The van der Waals surface area contributed by atoms with Crippen LogP contribution in [0, 0.1) is 19.7 Å². The van der Waals surface area contributed by atoms with Crippen molar-refractivity contribution < 1.29 is 9.18 Å². The highest BCUT2D eigenvalue weighted by Gasteiger charge is 2.22. The van der Waals surface area contributed by atoms with Crippen LogP contribution in [0.4, 0.5) is 4.39 Å². The summed E-state index contributed by atoms with van der Waals surface area (Å²) in [4.78, 5) is 13.7. The van der Waals surface area contributed by atoms with Crippen molar-refractivity contribution in [2.24, 2.45) is 0 Å². The van der Waals surface area contributed by atoms with E-state index in [1.807, 2.05) is 23.4 Å². The predicted octanol–water partition coefficient (Wildman–Crippen LogP) is 2.73. The van der Waals surface area contributed by atoms with Gasteiger partial charge in [0.2, 0.25) is 5.91 Å². The molecule has 0 saturated carbocycles. The van der Waals surface area contributed by atoms with Crippen LogP contribution in [0.2, 0.25) is 0 Å². The van der Waals surface area contributed by atoms with Crippen molar-refractivity contribution in [3.63, 3.8) is 0 Å². The number of hydrogen-bond acceptors (Lipinski definition) is 3. The van der Waals surface area contributed by atoms with E-state index in [9.17, 15) is 9.18 Å². The molecule has 5 nitrogen and oxygen atoms in total. The van der Waals surface area contributed by atoms with E-state index < -0.39 is 0 Å². The zero-order chi connectivity index (χ0) is 18.0. The normalized spacial score (nSPS) is 15.8. The number of hydrogen-bond donors (Lipinski definition) is 1. The van der Waals surface area contributed by atoms with E-state index >= 15 is 0 Å². The molecule has 3 rings (SSSR count). The van der Waals surface area contributed by atoms with Crippen LogP contribution in [-0.4, -0.2) is 39.7 Å². The quantitative estimate of drug-likeness (QED) is 0.877. The second kappa shape index (κ2) is 7.35. The summed E-state index contributed by atoms with van der Waals surface area (Å²) in [6.45, 7) is 8.41. The highest BCUT2D eigenvalue weighted by molar-refractivity contribution is 5.78. The second-order valence-electron chi connectivity index (χ2n) is 6.76. The van der Waals surface area contributed by atoms with Crippen molar-refractivity contribution >= 4 is 5.91 Å². The fraction of sp³-hybridized carbons (Fsp3) is 0.474. The molecule has 1 fully saturated rings. The lowest BCUT2D eigenvalue weighted by Crippen LogP contribution is -2.39. The molecule has 1 aromatic carbocycles. The zero-order valence-electron chi connectivity index (χ0n) is 15.1. The minimum atomic E-state index is -0.252. The molecule has 25 heavy (non-hydrogen) atoms. The molecule has 1 N–H and O–H groups in total. The highest BCUT2D eigenvalue weighted by Crippen LogP contribution is 2.18. The molecule has 1 saturated heterocycles. The van der Waals surface area contributed by atoms with Gasteiger partial charge in [0.25, 0.3) is 0 Å². The summed E-state index contributed by atoms with van der Waals surface area (Å²) in [5.74, 6) is 0.00240. The molecule has 1 atom stereocenters. The minimum Gasteiger partial charge on any atom is -0.341 e. The molecule has 1 amide bonds. The highest BCUT2D eigenvalue weighted by atomic mass is 19.1. The van der Waals surface area contributed by atoms with Gasteiger partial charge in [0, 0.05) is 43.4 Å². The number of halogens is 1. The van der Waals surface area contributed by atoms with Gasteiger partial charge in [-0.3, -0.25) is 4.79 Å². The Morgan fingerprint density at radius 2 is 2.00 bits per heavy atom. The first kappa shape index (κ1) is 17.6. The van der Waals surface area contributed by atoms with Gasteiger partial charge in [-0.2, -0.15) is 5.10 Å². The van der Waals surface area contributed by atoms with Gasteiger partial charge in [-0.25, -0.2) is 9.07 Å². The Kier molecular flexibility index (Phi) is 5.18. The Balaban J connectivity index is 1.66. The number of aryl methyl sites for hydroxylation is 1. The molecule has 2 aromatic rings. The van der Waals surface area contributed by atoms with Crippen LogP contribution >= 0.6 is 0 Å². The van der Waals surface area contributed by atoms with Crippen molar-refractivity contribution in [1.82, 2.24) is 20.0 Å². The van der Waals surface area contributed by atoms with Crippen LogP contribution in [0.25, 0.3) is 5.69 Å². The van der Waals surface area contributed by atoms with Crippen LogP contribution < -0.4 is 5.32 Å². The molecule has 1 aromatic heterocycles. The van der Waals surface area contributed by atoms with Crippen LogP contribution in [0.5, 0.6) is 0 Å². The van der Waals surface area contributed by atoms with Crippen LogP contribution in [-0.2, 0) is 11.3 Å². The van der Waals surface area contributed by atoms with Crippen molar-refractivity contribution in [2.45, 2.75) is 46.2 Å². The van der Waals surface area contributed by atoms with E-state index in [1.165, 1.54) is 12.1 Å². The SMILES string of the molecule is Cc1nn(-c2ccc(F)cc2)c(C)c1CN[C@H](C)CN1CCCC1=O. The fourth-order valence-electron chi connectivity index (χ4n) is 3.33. The van der Waals surface area contributed by atoms with Gasteiger partial charge >= 0.3 is 0 Å². The third-order valence-electron chi connectivity index (χ3n) is 4.81. The first-order valence-electron chi connectivity index (χ1n) is 8.78. The van der Waals surface area contributed by atoms with E-state index in [1.54, 1.807) is 12.1 Å². The average Bonchev–Trinajstić information content (AvgIpc) is 3.10. The van der Waals surface area contributed by atoms with Gasteiger partial charge in [0.15, 0.2) is 0 Å². The second-order valence-corrected chi connectivity index (χ2v) is 6.76. The Hall–Kier alpha value is -2.21. The van der Waals surface area contributed by atoms with Crippen LogP contribution in [0.3, 0.4) is 0 Å². The number of likely N-dealkylation sites (tertiary alicyclic amines) is 1. The summed E-state index contributed by atoms with van der Waals surface area (Å²) in [5.41, 5.74) is 3.99. The Morgan fingerprint density at radius 1 is 1.28 bits per heavy atom. The summed E-state index contributed by atoms with van der Waals surface area (Å²) in [6.07, 6.45) is 1.64. The lowest BCUT2D eigenvalue weighted by molar-refractivity contribution is -0.127. The molecule has 0 bridgehead atoms. The summed E-state index contributed by atoms with van der Waals surface area (Å²) >= 11 is 0. The smallest absolute Gasteiger partial charge is 0.222 e. The van der Waals surface area contributed by atoms with Crippen LogP contribution in [0.1, 0.15) is 36.7 Å². The number of benzene rings is 1. The summed E-state index contributed by atoms with van der Waals surface area (Å²) < 4.78 is 15.0. The van der Waals surface area contributed by atoms with Crippen molar-refractivity contribution in [3.8, 4) is 5.69 Å². The van der Waals surface area contributed by atoms with Gasteiger partial charge in [-0.05, 0) is 51.5 Å². The number of nitrogens with one attached hydrogen (secondary N) is 1. The maximum atomic E-state index is 13.1. The summed E-state index contributed by atoms with van der Waals surface area (Å²) in [6, 6.07) is 6.56. The molecular weight excluding hydrogens is 319 g/mol. The third-order valence-corrected chi connectivity index (χ3v) is 4.81. The first-order valence-corrected chi connectivity index (χ1v) is 8.78. The zero-order valence-corrected chi connectivity index (χ0v) is 15.1. The van der Waals surface area contributed by atoms with E-state index in [4.69, 9.17) is 0 Å². The van der Waals surface area contributed by atoms with Gasteiger partial charge < -0.3 is 10.2 Å². The topological polar surface area (TPSA) is 50.2 Å². The molecule has 0 aliphatic carbocycles. The molecule has 0 unspecified atom stereocenters. The monoisotopic (exact) mass is 344 g/mol. The summed E-state index contributed by atoms with van der Waals surface area (Å²) in [5, 5.41) is 8.09. The van der Waals surface area contributed by atoms with E-state index in [0.717, 1.165) is 42.1 Å². The van der Waals surface area contributed by atoms with E-state index in [0.29, 0.717) is 13.0 Å². The van der Waals surface area contributed by atoms with Gasteiger partial charge in [0.1, 0.15) is 5.82 Å². The lowest BCUT2D eigenvalue weighted by atomic mass is 10.2. The Bertz CT molecular complexity index is 754. The number of nitrogens with zero attached hydrogens (tertiary/aromatic N) is 3. The molecule has 1 aliphatic heterocycles. The fourth-order valence-corrected chi connectivity index (χ4v) is 3.33. The van der Waals surface area contributed by atoms with Gasteiger partial charge in [-0.1, -0.05) is 0 Å². The van der Waals surface area contributed by atoms with E-state index in [2.05, 4.69) is 17.3 Å². The van der Waals surface area contributed by atoms with Crippen molar-refractivity contribution in [1.29, 1.82) is 0 Å². The predicted molar refractivity (Wildman–Crippen MR) is 95.1 cm³/mol. The molecule has 0 spiro atoms. The first-order chi connectivity index (χ1) is 12.0. The molecule has 0 radical (unpaired) electrons. The molecular formula is C19H25FN4O. The standard InChI is InChI=1S/C19H25FN4O/c1-13(12-23-10-4-5-19(23)25)21-11-18-14(2)22-24(15(18)3)17-8-6-16(20)7-9-17/h6-9,13,21H,4-5,10-12H2,1-3H3/t13-/m1/s1. The Labute approximate surface area is 147 Å². The number of aromatic nitrogens is 2. The number of carbonyl (C=O) groups excluding carboxylic acids is 1. The number of amides is 1. The summed E-state index contributed by atoms with van der Waals surface area (Å²) in [7, 11) is 0. The van der Waals surface area contributed by atoms with Crippen LogP contribution in [0.15, 0.2) is 24.3 Å². The van der Waals surface area contributed by atoms with E-state index in [-0.39, 0.29) is 17.8 Å².